The Bertz CT molecular complexity index is 1360. The predicted molar refractivity (Wildman–Crippen MR) is 123 cm³/mol. The quantitative estimate of drug-likeness (QED) is 0.346. The van der Waals surface area contributed by atoms with Gasteiger partial charge in [0.2, 0.25) is 5.78 Å². The lowest BCUT2D eigenvalue weighted by Crippen LogP contribution is -2.23. The van der Waals surface area contributed by atoms with E-state index >= 15 is 0 Å². The smallest absolute Gasteiger partial charge is 0.205 e. The van der Waals surface area contributed by atoms with Crippen LogP contribution in [0.1, 0.15) is 34.8 Å². The number of carbonyl (C=O) groups is 1. The van der Waals surface area contributed by atoms with Gasteiger partial charge in [-0.1, -0.05) is 48.5 Å². The fraction of sp³-hybridized carbons (Fsp3) is 0.185. The summed E-state index contributed by atoms with van der Waals surface area (Å²) < 4.78 is 27.9. The van der Waals surface area contributed by atoms with Crippen molar-refractivity contribution in [3.8, 4) is 11.5 Å². The van der Waals surface area contributed by atoms with E-state index in [1.807, 2.05) is 41.0 Å². The topological polar surface area (TPSA) is 57.5 Å². The minimum absolute atomic E-state index is 0.0177. The van der Waals surface area contributed by atoms with E-state index in [0.29, 0.717) is 11.3 Å². The molecule has 0 amide bonds. The minimum atomic E-state index is -0.543. The summed E-state index contributed by atoms with van der Waals surface area (Å²) in [5.41, 5.74) is 0.932. The second-order valence-electron chi connectivity index (χ2n) is 8.11. The molecule has 0 unspecified atom stereocenters. The Morgan fingerprint density at radius 1 is 0.970 bits per heavy atom. The van der Waals surface area contributed by atoms with Crippen LogP contribution in [0, 0.1) is 5.82 Å². The van der Waals surface area contributed by atoms with Crippen LogP contribution in [-0.4, -0.2) is 17.0 Å². The summed E-state index contributed by atoms with van der Waals surface area (Å²) in [5.74, 6) is -0.432. The third-order valence-corrected chi connectivity index (χ3v) is 5.68. The molecular weight excluding hydrogens is 421 g/mol. The molecule has 1 heterocycles. The highest BCUT2D eigenvalue weighted by Gasteiger charge is 2.27. The number of hydrogen-bond acceptors (Lipinski definition) is 4. The molecule has 33 heavy (non-hydrogen) atoms. The SMILES string of the molecule is O=C(COc1ccccc1)c1cn(C2CC2)c2cc(F)c(OCc3ccccc3)cc2c1=O. The van der Waals surface area contributed by atoms with E-state index in [2.05, 4.69) is 0 Å². The van der Waals surface area contributed by atoms with Crippen LogP contribution in [0.25, 0.3) is 10.9 Å². The molecule has 5 nitrogen and oxygen atoms in total. The average molecular weight is 443 g/mol. The number of ketones is 1. The van der Waals surface area contributed by atoms with Gasteiger partial charge in [-0.2, -0.15) is 0 Å². The maximum atomic E-state index is 14.9. The number of hydrogen-bond donors (Lipinski definition) is 0. The zero-order valence-electron chi connectivity index (χ0n) is 17.9. The predicted octanol–water partition coefficient (Wildman–Crippen LogP) is 5.32. The molecule has 5 rings (SSSR count). The average Bonchev–Trinajstić information content (AvgIpc) is 3.68. The standard InChI is InChI=1S/C27H22FNO4/c28-23-14-24-21(13-26(23)33-16-18-7-3-1-4-8-18)27(31)22(15-29(24)19-11-12-19)25(30)17-32-20-9-5-2-6-10-20/h1-10,13-15,19H,11-12,16-17H2. The summed E-state index contributed by atoms with van der Waals surface area (Å²) in [5, 5.41) is 0.261. The lowest BCUT2D eigenvalue weighted by Gasteiger charge is -2.15. The molecular formula is C27H22FNO4. The highest BCUT2D eigenvalue weighted by Crippen LogP contribution is 2.38. The normalized spacial score (nSPS) is 13.1. The molecule has 1 aliphatic carbocycles. The summed E-state index contributed by atoms with van der Waals surface area (Å²) in [6.07, 6.45) is 3.38. The molecule has 1 saturated carbocycles. The second-order valence-corrected chi connectivity index (χ2v) is 8.11. The molecule has 0 bridgehead atoms. The Labute approximate surface area is 190 Å². The van der Waals surface area contributed by atoms with E-state index in [4.69, 9.17) is 9.47 Å². The Morgan fingerprint density at radius 3 is 2.36 bits per heavy atom. The van der Waals surface area contributed by atoms with E-state index in [1.165, 1.54) is 12.1 Å². The van der Waals surface area contributed by atoms with Crippen LogP contribution in [0.15, 0.2) is 83.8 Å². The number of nitrogens with zero attached hydrogens (tertiary/aromatic N) is 1. The molecule has 3 aromatic carbocycles. The van der Waals surface area contributed by atoms with Gasteiger partial charge in [0.05, 0.1) is 16.5 Å². The number of rotatable bonds is 8. The summed E-state index contributed by atoms with van der Waals surface area (Å²) in [4.78, 5) is 26.1. The molecule has 1 aliphatic rings. The Hall–Kier alpha value is -3.93. The van der Waals surface area contributed by atoms with Crippen molar-refractivity contribution >= 4 is 16.7 Å². The first kappa shape index (κ1) is 20.9. The molecule has 1 aromatic heterocycles. The minimum Gasteiger partial charge on any atom is -0.486 e. The Kier molecular flexibility index (Phi) is 5.65. The summed E-state index contributed by atoms with van der Waals surface area (Å²) in [6.45, 7) is -0.0857. The number of Topliss-reactive ketones (excluding diaryl/α,β-unsaturated/α-hetero) is 1. The molecule has 1 fully saturated rings. The third kappa shape index (κ3) is 4.51. The van der Waals surface area contributed by atoms with E-state index in [0.717, 1.165) is 18.4 Å². The Morgan fingerprint density at radius 2 is 1.67 bits per heavy atom. The molecule has 0 N–H and O–H groups in total. The van der Waals surface area contributed by atoms with Crippen molar-refractivity contribution in [2.24, 2.45) is 0 Å². The first-order valence-electron chi connectivity index (χ1n) is 10.9. The third-order valence-electron chi connectivity index (χ3n) is 5.68. The van der Waals surface area contributed by atoms with E-state index in [1.54, 1.807) is 30.5 Å². The lowest BCUT2D eigenvalue weighted by molar-refractivity contribution is 0.0920. The van der Waals surface area contributed by atoms with Crippen molar-refractivity contribution in [2.75, 3.05) is 6.61 Å². The van der Waals surface area contributed by atoms with Gasteiger partial charge in [-0.25, -0.2) is 4.39 Å². The maximum Gasteiger partial charge on any atom is 0.205 e. The number of halogens is 1. The number of para-hydroxylation sites is 1. The largest absolute Gasteiger partial charge is 0.486 e. The van der Waals surface area contributed by atoms with Crippen molar-refractivity contribution in [3.63, 3.8) is 0 Å². The van der Waals surface area contributed by atoms with Gasteiger partial charge in [-0.05, 0) is 36.6 Å². The fourth-order valence-electron chi connectivity index (χ4n) is 3.79. The zero-order chi connectivity index (χ0) is 22.8. The van der Waals surface area contributed by atoms with Crippen molar-refractivity contribution in [1.29, 1.82) is 0 Å². The van der Waals surface area contributed by atoms with Gasteiger partial charge in [0.25, 0.3) is 0 Å². The number of fused-ring (bicyclic) bond motifs is 1. The number of ether oxygens (including phenoxy) is 2. The Balaban J connectivity index is 1.49. The molecule has 0 radical (unpaired) electrons. The summed E-state index contributed by atoms with van der Waals surface area (Å²) in [6, 6.07) is 21.2. The van der Waals surface area contributed by atoms with Gasteiger partial charge < -0.3 is 14.0 Å². The molecule has 0 atom stereocenters. The van der Waals surface area contributed by atoms with Crippen molar-refractivity contribution < 1.29 is 18.7 Å². The number of pyridine rings is 1. The highest BCUT2D eigenvalue weighted by molar-refractivity contribution is 6.00. The second kappa shape index (κ2) is 8.90. The monoisotopic (exact) mass is 443 g/mol. The lowest BCUT2D eigenvalue weighted by atomic mass is 10.1. The first-order valence-corrected chi connectivity index (χ1v) is 10.9. The van der Waals surface area contributed by atoms with Crippen molar-refractivity contribution in [1.82, 2.24) is 4.57 Å². The molecule has 6 heteroatoms. The fourth-order valence-corrected chi connectivity index (χ4v) is 3.79. The van der Waals surface area contributed by atoms with Crippen LogP contribution < -0.4 is 14.9 Å². The molecule has 4 aromatic rings. The van der Waals surface area contributed by atoms with Crippen LogP contribution in [-0.2, 0) is 6.61 Å². The first-order chi connectivity index (χ1) is 16.1. The van der Waals surface area contributed by atoms with Crippen LogP contribution in [0.2, 0.25) is 0 Å². The van der Waals surface area contributed by atoms with E-state index < -0.39 is 17.0 Å². The van der Waals surface area contributed by atoms with Gasteiger partial charge in [-0.15, -0.1) is 0 Å². The van der Waals surface area contributed by atoms with E-state index in [9.17, 15) is 14.0 Å². The zero-order valence-corrected chi connectivity index (χ0v) is 17.9. The van der Waals surface area contributed by atoms with Crippen LogP contribution in [0.3, 0.4) is 0 Å². The van der Waals surface area contributed by atoms with Crippen LogP contribution in [0.4, 0.5) is 4.39 Å². The van der Waals surface area contributed by atoms with Gasteiger partial charge in [0, 0.05) is 18.3 Å². The van der Waals surface area contributed by atoms with Crippen LogP contribution in [0.5, 0.6) is 11.5 Å². The van der Waals surface area contributed by atoms with E-state index in [-0.39, 0.29) is 36.0 Å². The van der Waals surface area contributed by atoms with Crippen LogP contribution >= 0.6 is 0 Å². The number of benzene rings is 3. The van der Waals surface area contributed by atoms with Gasteiger partial charge in [0.1, 0.15) is 12.4 Å². The van der Waals surface area contributed by atoms with Gasteiger partial charge >= 0.3 is 0 Å². The van der Waals surface area contributed by atoms with Gasteiger partial charge in [0.15, 0.2) is 23.6 Å². The summed E-state index contributed by atoms with van der Waals surface area (Å²) >= 11 is 0. The molecule has 166 valence electrons. The molecule has 0 saturated heterocycles. The highest BCUT2D eigenvalue weighted by atomic mass is 19.1. The molecule has 0 aliphatic heterocycles. The molecule has 0 spiro atoms. The van der Waals surface area contributed by atoms with Crippen molar-refractivity contribution in [3.05, 3.63) is 106 Å². The van der Waals surface area contributed by atoms with Gasteiger partial charge in [-0.3, -0.25) is 9.59 Å². The maximum absolute atomic E-state index is 14.9. The number of carbonyl (C=O) groups excluding carboxylic acids is 1. The number of aromatic nitrogens is 1. The van der Waals surface area contributed by atoms with Crippen molar-refractivity contribution in [2.45, 2.75) is 25.5 Å². The summed E-state index contributed by atoms with van der Waals surface area (Å²) in [7, 11) is 0.